The number of halogens is 1. The minimum atomic E-state index is 0.0651. The zero-order chi connectivity index (χ0) is 14.8. The topological polar surface area (TPSA) is 38.1 Å². The molecule has 4 heteroatoms. The molecule has 0 aliphatic carbocycles. The van der Waals surface area contributed by atoms with Gasteiger partial charge in [-0.1, -0.05) is 36.7 Å². The average molecular weight is 301 g/mol. The zero-order valence-corrected chi connectivity index (χ0v) is 12.8. The molecule has 2 heterocycles. The maximum Gasteiger partial charge on any atom is 0.134 e. The van der Waals surface area contributed by atoms with E-state index < -0.39 is 0 Å². The first kappa shape index (κ1) is 14.0. The summed E-state index contributed by atoms with van der Waals surface area (Å²) in [4.78, 5) is 4.08. The molecule has 3 aromatic rings. The van der Waals surface area contributed by atoms with Crippen LogP contribution in [0.5, 0.6) is 0 Å². The van der Waals surface area contributed by atoms with E-state index in [1.165, 1.54) is 10.9 Å². The van der Waals surface area contributed by atoms with Crippen LogP contribution in [0, 0.1) is 0 Å². The lowest BCUT2D eigenvalue weighted by atomic mass is 10.0. The Morgan fingerprint density at radius 2 is 2.05 bits per heavy atom. The molecule has 0 spiro atoms. The van der Waals surface area contributed by atoms with E-state index in [0.717, 1.165) is 23.5 Å². The summed E-state index contributed by atoms with van der Waals surface area (Å²) in [5.41, 5.74) is 3.12. The van der Waals surface area contributed by atoms with Crippen LogP contribution in [0.4, 0.5) is 5.69 Å². The highest BCUT2D eigenvalue weighted by Crippen LogP contribution is 2.32. The maximum atomic E-state index is 6.04. The second-order valence-corrected chi connectivity index (χ2v) is 5.42. The van der Waals surface area contributed by atoms with E-state index in [9.17, 15) is 0 Å². The largest absolute Gasteiger partial charge is 0.459 e. The van der Waals surface area contributed by atoms with Crippen LogP contribution in [-0.4, -0.2) is 4.98 Å². The van der Waals surface area contributed by atoms with Gasteiger partial charge < -0.3 is 9.73 Å². The summed E-state index contributed by atoms with van der Waals surface area (Å²) in [6.45, 7) is 4.24. The number of fused-ring (bicyclic) bond motifs is 1. The molecular weight excluding hydrogens is 284 g/mol. The Labute approximate surface area is 128 Å². The van der Waals surface area contributed by atoms with E-state index in [1.54, 1.807) is 12.3 Å². The minimum absolute atomic E-state index is 0.0651. The molecule has 108 valence electrons. The van der Waals surface area contributed by atoms with Crippen LogP contribution in [0.3, 0.4) is 0 Å². The number of hydrogen-bond acceptors (Lipinski definition) is 3. The van der Waals surface area contributed by atoms with Gasteiger partial charge in [0.15, 0.2) is 0 Å². The third-order valence-electron chi connectivity index (χ3n) is 3.59. The second kappa shape index (κ2) is 5.78. The fraction of sp³-hybridized carbons (Fsp3) is 0.235. The molecule has 1 atom stereocenters. The molecule has 0 bridgehead atoms. The number of benzene rings is 1. The van der Waals surface area contributed by atoms with Crippen LogP contribution >= 0.6 is 11.6 Å². The van der Waals surface area contributed by atoms with Gasteiger partial charge in [0, 0.05) is 10.9 Å². The first-order valence-corrected chi connectivity index (χ1v) is 7.45. The third-order valence-corrected chi connectivity index (χ3v) is 3.81. The lowest BCUT2D eigenvalue weighted by molar-refractivity contribution is 0.520. The van der Waals surface area contributed by atoms with E-state index in [2.05, 4.69) is 30.2 Å². The van der Waals surface area contributed by atoms with Crippen LogP contribution in [-0.2, 0) is 6.42 Å². The standard InChI is InChI=1S/C17H17ClN2O/c1-3-13-14-6-4-5-7-15(14)21-17(13)11(2)20-12-8-9-16(18)19-10-12/h4-11,20H,3H2,1-2H3. The Hall–Kier alpha value is -2.00. The number of aromatic nitrogens is 1. The molecule has 0 saturated heterocycles. The Morgan fingerprint density at radius 3 is 2.76 bits per heavy atom. The predicted molar refractivity (Wildman–Crippen MR) is 86.9 cm³/mol. The van der Waals surface area contributed by atoms with Gasteiger partial charge in [-0.2, -0.15) is 0 Å². The normalized spacial score (nSPS) is 12.5. The van der Waals surface area contributed by atoms with Gasteiger partial charge in [0.25, 0.3) is 0 Å². The number of nitrogens with zero attached hydrogens (tertiary/aromatic N) is 1. The molecule has 3 rings (SSSR count). The summed E-state index contributed by atoms with van der Waals surface area (Å²) in [5, 5.41) is 5.09. The summed E-state index contributed by atoms with van der Waals surface area (Å²) in [6, 6.07) is 11.9. The van der Waals surface area contributed by atoms with Crippen LogP contribution < -0.4 is 5.32 Å². The first-order chi connectivity index (χ1) is 10.2. The predicted octanol–water partition coefficient (Wildman–Crippen LogP) is 5.22. The monoisotopic (exact) mass is 300 g/mol. The molecule has 0 radical (unpaired) electrons. The number of pyridine rings is 1. The van der Waals surface area contributed by atoms with Crippen molar-refractivity contribution >= 4 is 28.3 Å². The Morgan fingerprint density at radius 1 is 1.24 bits per heavy atom. The highest BCUT2D eigenvalue weighted by molar-refractivity contribution is 6.29. The van der Waals surface area contributed by atoms with E-state index in [1.807, 2.05) is 24.3 Å². The van der Waals surface area contributed by atoms with E-state index in [0.29, 0.717) is 5.15 Å². The van der Waals surface area contributed by atoms with Crippen molar-refractivity contribution in [3.8, 4) is 0 Å². The number of hydrogen-bond donors (Lipinski definition) is 1. The van der Waals surface area contributed by atoms with Gasteiger partial charge >= 0.3 is 0 Å². The zero-order valence-electron chi connectivity index (χ0n) is 12.1. The number of furan rings is 1. The van der Waals surface area contributed by atoms with Crippen molar-refractivity contribution in [1.29, 1.82) is 0 Å². The van der Waals surface area contributed by atoms with Crippen molar-refractivity contribution in [2.24, 2.45) is 0 Å². The van der Waals surface area contributed by atoms with Gasteiger partial charge in [0.1, 0.15) is 16.5 Å². The SMILES string of the molecule is CCc1c(C(C)Nc2ccc(Cl)nc2)oc2ccccc12. The van der Waals surface area contributed by atoms with Gasteiger partial charge in [-0.25, -0.2) is 4.98 Å². The molecule has 0 amide bonds. The van der Waals surface area contributed by atoms with Crippen molar-refractivity contribution in [3.05, 3.63) is 59.1 Å². The van der Waals surface area contributed by atoms with Crippen LogP contribution in [0.2, 0.25) is 5.15 Å². The van der Waals surface area contributed by atoms with E-state index >= 15 is 0 Å². The van der Waals surface area contributed by atoms with Crippen molar-refractivity contribution in [3.63, 3.8) is 0 Å². The molecule has 3 nitrogen and oxygen atoms in total. The van der Waals surface area contributed by atoms with Crippen molar-refractivity contribution in [2.45, 2.75) is 26.3 Å². The van der Waals surface area contributed by atoms with Gasteiger partial charge in [0.05, 0.1) is 17.9 Å². The van der Waals surface area contributed by atoms with Gasteiger partial charge in [-0.3, -0.25) is 0 Å². The first-order valence-electron chi connectivity index (χ1n) is 7.07. The fourth-order valence-corrected chi connectivity index (χ4v) is 2.72. The van der Waals surface area contributed by atoms with Gasteiger partial charge in [-0.15, -0.1) is 0 Å². The molecule has 0 aliphatic rings. The maximum absolute atomic E-state index is 6.04. The van der Waals surface area contributed by atoms with Crippen molar-refractivity contribution < 1.29 is 4.42 Å². The summed E-state index contributed by atoms with van der Waals surface area (Å²) < 4.78 is 6.04. The number of anilines is 1. The van der Waals surface area contributed by atoms with Crippen LogP contribution in [0.1, 0.15) is 31.2 Å². The number of para-hydroxylation sites is 1. The minimum Gasteiger partial charge on any atom is -0.459 e. The molecule has 1 aromatic carbocycles. The van der Waals surface area contributed by atoms with Crippen LogP contribution in [0.15, 0.2) is 47.0 Å². The summed E-state index contributed by atoms with van der Waals surface area (Å²) in [6.07, 6.45) is 2.67. The summed E-state index contributed by atoms with van der Waals surface area (Å²) in [5.74, 6) is 0.980. The molecule has 0 aliphatic heterocycles. The van der Waals surface area contributed by atoms with E-state index in [4.69, 9.17) is 16.0 Å². The molecule has 1 N–H and O–H groups in total. The third kappa shape index (κ3) is 2.74. The van der Waals surface area contributed by atoms with Crippen molar-refractivity contribution in [2.75, 3.05) is 5.32 Å². The number of aryl methyl sites for hydroxylation is 1. The summed E-state index contributed by atoms with van der Waals surface area (Å²) >= 11 is 5.81. The number of nitrogens with one attached hydrogen (secondary N) is 1. The highest BCUT2D eigenvalue weighted by atomic mass is 35.5. The molecular formula is C17H17ClN2O. The Kier molecular flexibility index (Phi) is 3.84. The lowest BCUT2D eigenvalue weighted by Gasteiger charge is -2.14. The fourth-order valence-electron chi connectivity index (χ4n) is 2.61. The Balaban J connectivity index is 1.93. The molecule has 0 fully saturated rings. The van der Waals surface area contributed by atoms with Gasteiger partial charge in [-0.05, 0) is 31.5 Å². The van der Waals surface area contributed by atoms with E-state index in [-0.39, 0.29) is 6.04 Å². The Bertz CT molecular complexity index is 749. The smallest absolute Gasteiger partial charge is 0.134 e. The second-order valence-electron chi connectivity index (χ2n) is 5.03. The molecule has 21 heavy (non-hydrogen) atoms. The average Bonchev–Trinajstić information content (AvgIpc) is 2.88. The molecule has 1 unspecified atom stereocenters. The van der Waals surface area contributed by atoms with Gasteiger partial charge in [0.2, 0.25) is 0 Å². The highest BCUT2D eigenvalue weighted by Gasteiger charge is 2.18. The summed E-state index contributed by atoms with van der Waals surface area (Å²) in [7, 11) is 0. The quantitative estimate of drug-likeness (QED) is 0.672. The van der Waals surface area contributed by atoms with Crippen LogP contribution in [0.25, 0.3) is 11.0 Å². The molecule has 2 aromatic heterocycles. The lowest BCUT2D eigenvalue weighted by Crippen LogP contribution is -2.07. The molecule has 0 saturated carbocycles. The number of rotatable bonds is 4. The van der Waals surface area contributed by atoms with Crippen molar-refractivity contribution in [1.82, 2.24) is 4.98 Å².